The molecule has 0 saturated carbocycles. The molecule has 0 saturated heterocycles. The first-order valence-corrected chi connectivity index (χ1v) is 10.1. The van der Waals surface area contributed by atoms with Crippen molar-refractivity contribution in [3.8, 4) is 5.75 Å². The number of benzene rings is 2. The van der Waals surface area contributed by atoms with Crippen LogP contribution in [0.4, 0.5) is 0 Å². The molecular formula is C25H32O2. The second kappa shape index (κ2) is 12.1. The van der Waals surface area contributed by atoms with Gasteiger partial charge in [-0.15, -0.1) is 0 Å². The zero-order chi connectivity index (χ0) is 19.3. The van der Waals surface area contributed by atoms with Crippen LogP contribution in [0.25, 0.3) is 12.2 Å². The van der Waals surface area contributed by atoms with Gasteiger partial charge in [-0.3, -0.25) is 0 Å². The third-order valence-corrected chi connectivity index (χ3v) is 4.34. The number of aliphatic hydroxyl groups excluding tert-OH is 1. The van der Waals surface area contributed by atoms with Crippen LogP contribution in [-0.2, 0) is 13.0 Å². The number of hydrogen-bond donors (Lipinski definition) is 1. The highest BCUT2D eigenvalue weighted by molar-refractivity contribution is 5.66. The average Bonchev–Trinajstić information content (AvgIpc) is 2.69. The van der Waals surface area contributed by atoms with Crippen LogP contribution in [0, 0.1) is 0 Å². The highest BCUT2D eigenvalue weighted by atomic mass is 16.5. The van der Waals surface area contributed by atoms with E-state index in [1.165, 1.54) is 0 Å². The molecule has 2 nitrogen and oxygen atoms in total. The minimum atomic E-state index is 0.113. The van der Waals surface area contributed by atoms with Gasteiger partial charge in [0.15, 0.2) is 0 Å². The minimum Gasteiger partial charge on any atom is -0.488 e. The van der Waals surface area contributed by atoms with Crippen LogP contribution in [0.5, 0.6) is 5.75 Å². The van der Waals surface area contributed by atoms with Crippen molar-refractivity contribution in [3.05, 3.63) is 76.9 Å². The molecule has 0 spiro atoms. The summed E-state index contributed by atoms with van der Waals surface area (Å²) in [6.07, 6.45) is 13.7. The number of hydrogen-bond acceptors (Lipinski definition) is 2. The molecule has 2 rings (SSSR count). The maximum atomic E-state index is 9.55. The molecule has 0 unspecified atom stereocenters. The third-order valence-electron chi connectivity index (χ3n) is 4.34. The number of rotatable bonds is 11. The first-order chi connectivity index (χ1) is 13.3. The summed E-state index contributed by atoms with van der Waals surface area (Å²) in [5, 5.41) is 9.55. The molecule has 2 heteroatoms. The molecule has 0 atom stereocenters. The van der Waals surface area contributed by atoms with Crippen LogP contribution in [0.1, 0.15) is 61.8 Å². The normalized spacial score (nSPS) is 11.5. The van der Waals surface area contributed by atoms with Crippen LogP contribution in [0.2, 0.25) is 0 Å². The summed E-state index contributed by atoms with van der Waals surface area (Å²) in [6, 6.07) is 14.5. The molecule has 2 aromatic carbocycles. The summed E-state index contributed by atoms with van der Waals surface area (Å²) >= 11 is 0. The van der Waals surface area contributed by atoms with Crippen molar-refractivity contribution in [1.29, 1.82) is 0 Å². The topological polar surface area (TPSA) is 29.5 Å². The maximum Gasteiger partial charge on any atom is 0.130 e. The number of aliphatic hydroxyl groups is 1. The Labute approximate surface area is 164 Å². The van der Waals surface area contributed by atoms with E-state index >= 15 is 0 Å². The first kappa shape index (κ1) is 21.0. The predicted molar refractivity (Wildman–Crippen MR) is 116 cm³/mol. The van der Waals surface area contributed by atoms with Gasteiger partial charge >= 0.3 is 0 Å². The van der Waals surface area contributed by atoms with Gasteiger partial charge < -0.3 is 9.84 Å². The van der Waals surface area contributed by atoms with Crippen molar-refractivity contribution >= 4 is 12.2 Å². The fraction of sp³-hybridized carbons (Fsp3) is 0.360. The number of allylic oxidation sites excluding steroid dienone is 2. The monoisotopic (exact) mass is 364 g/mol. The van der Waals surface area contributed by atoms with Crippen molar-refractivity contribution in [2.24, 2.45) is 0 Å². The molecule has 0 radical (unpaired) electrons. The van der Waals surface area contributed by atoms with E-state index < -0.39 is 0 Å². The largest absolute Gasteiger partial charge is 0.488 e. The molecule has 0 bridgehead atoms. The van der Waals surface area contributed by atoms with Gasteiger partial charge in [-0.05, 0) is 48.1 Å². The van der Waals surface area contributed by atoms with Gasteiger partial charge in [-0.2, -0.15) is 0 Å². The molecule has 27 heavy (non-hydrogen) atoms. The van der Waals surface area contributed by atoms with Gasteiger partial charge in [0.1, 0.15) is 12.4 Å². The van der Waals surface area contributed by atoms with E-state index in [0.717, 1.165) is 53.7 Å². The van der Waals surface area contributed by atoms with E-state index in [4.69, 9.17) is 4.74 Å². The Balaban J connectivity index is 2.35. The van der Waals surface area contributed by atoms with Crippen molar-refractivity contribution in [2.45, 2.75) is 52.6 Å². The quantitative estimate of drug-likeness (QED) is 0.498. The number of ether oxygens (including phenoxy) is 1. The van der Waals surface area contributed by atoms with E-state index in [0.29, 0.717) is 13.0 Å². The summed E-state index contributed by atoms with van der Waals surface area (Å²) in [5.74, 6) is 0.882. The zero-order valence-corrected chi connectivity index (χ0v) is 16.7. The van der Waals surface area contributed by atoms with Crippen molar-refractivity contribution in [2.75, 3.05) is 6.61 Å². The third kappa shape index (κ3) is 7.07. The first-order valence-electron chi connectivity index (χ1n) is 10.1. The Morgan fingerprint density at radius 1 is 0.926 bits per heavy atom. The highest BCUT2D eigenvalue weighted by Crippen LogP contribution is 2.30. The molecular weight excluding hydrogens is 332 g/mol. The highest BCUT2D eigenvalue weighted by Gasteiger charge is 2.11. The molecule has 1 N–H and O–H groups in total. The van der Waals surface area contributed by atoms with Crippen molar-refractivity contribution < 1.29 is 9.84 Å². The Morgan fingerprint density at radius 3 is 2.30 bits per heavy atom. The van der Waals surface area contributed by atoms with Gasteiger partial charge in [-0.1, -0.05) is 81.3 Å². The molecule has 144 valence electrons. The van der Waals surface area contributed by atoms with Crippen LogP contribution < -0.4 is 4.74 Å². The SMILES string of the molecule is CCC/C=C\c1cc(/C=C/CCC)c(OCc2ccccc2)c(CCO)c1. The molecule has 0 fully saturated rings. The average molecular weight is 365 g/mol. The lowest BCUT2D eigenvalue weighted by molar-refractivity contribution is 0.283. The second-order valence-corrected chi connectivity index (χ2v) is 6.73. The molecule has 0 aliphatic carbocycles. The lowest BCUT2D eigenvalue weighted by atomic mass is 10.00. The van der Waals surface area contributed by atoms with Crippen LogP contribution in [-0.4, -0.2) is 11.7 Å². The second-order valence-electron chi connectivity index (χ2n) is 6.73. The molecule has 0 aliphatic rings. The Morgan fingerprint density at radius 2 is 1.63 bits per heavy atom. The lowest BCUT2D eigenvalue weighted by Gasteiger charge is -2.16. The van der Waals surface area contributed by atoms with Crippen LogP contribution >= 0.6 is 0 Å². The van der Waals surface area contributed by atoms with E-state index in [1.807, 2.05) is 18.2 Å². The molecule has 0 aromatic heterocycles. The van der Waals surface area contributed by atoms with Gasteiger partial charge in [0, 0.05) is 12.2 Å². The van der Waals surface area contributed by atoms with Crippen LogP contribution in [0.3, 0.4) is 0 Å². The summed E-state index contributed by atoms with van der Waals surface area (Å²) in [6.45, 7) is 5.00. The Bertz CT molecular complexity index is 729. The van der Waals surface area contributed by atoms with Gasteiger partial charge in [0.2, 0.25) is 0 Å². The summed E-state index contributed by atoms with van der Waals surface area (Å²) in [5.41, 5.74) is 4.45. The standard InChI is InChI=1S/C25H32O2/c1-3-5-8-14-22-18-23(15-9-6-4-2)25(24(19-22)16-17-26)27-20-21-12-10-7-11-13-21/h7-15,18-19,26H,3-6,16-17,20H2,1-2H3/b14-8-,15-9+. The summed E-state index contributed by atoms with van der Waals surface area (Å²) in [4.78, 5) is 0. The van der Waals surface area contributed by atoms with E-state index in [2.05, 4.69) is 62.4 Å². The number of unbranched alkanes of at least 4 members (excludes halogenated alkanes) is 2. The summed E-state index contributed by atoms with van der Waals surface area (Å²) < 4.78 is 6.23. The van der Waals surface area contributed by atoms with Crippen LogP contribution in [0.15, 0.2) is 54.6 Å². The smallest absolute Gasteiger partial charge is 0.130 e. The van der Waals surface area contributed by atoms with E-state index in [-0.39, 0.29) is 6.61 Å². The predicted octanol–water partition coefficient (Wildman–Crippen LogP) is 6.43. The lowest BCUT2D eigenvalue weighted by Crippen LogP contribution is -2.03. The van der Waals surface area contributed by atoms with Gasteiger partial charge in [0.05, 0.1) is 0 Å². The van der Waals surface area contributed by atoms with Gasteiger partial charge in [-0.25, -0.2) is 0 Å². The van der Waals surface area contributed by atoms with E-state index in [9.17, 15) is 5.11 Å². The fourth-order valence-electron chi connectivity index (χ4n) is 2.93. The summed E-state index contributed by atoms with van der Waals surface area (Å²) in [7, 11) is 0. The molecule has 0 amide bonds. The van der Waals surface area contributed by atoms with E-state index in [1.54, 1.807) is 0 Å². The molecule has 0 heterocycles. The van der Waals surface area contributed by atoms with Gasteiger partial charge in [0.25, 0.3) is 0 Å². The Kier molecular flexibility index (Phi) is 9.43. The van der Waals surface area contributed by atoms with Crippen molar-refractivity contribution in [3.63, 3.8) is 0 Å². The molecule has 2 aromatic rings. The maximum absolute atomic E-state index is 9.55. The fourth-order valence-corrected chi connectivity index (χ4v) is 2.93. The molecule has 0 aliphatic heterocycles. The minimum absolute atomic E-state index is 0.113. The van der Waals surface area contributed by atoms with Crippen molar-refractivity contribution in [1.82, 2.24) is 0 Å². The zero-order valence-electron chi connectivity index (χ0n) is 16.7. The Hall–Kier alpha value is -2.32.